The van der Waals surface area contributed by atoms with Crippen molar-refractivity contribution < 1.29 is 9.53 Å². The van der Waals surface area contributed by atoms with Crippen molar-refractivity contribution in [1.82, 2.24) is 4.90 Å². The highest BCUT2D eigenvalue weighted by Gasteiger charge is 2.15. The van der Waals surface area contributed by atoms with E-state index in [1.165, 1.54) is 4.88 Å². The van der Waals surface area contributed by atoms with Crippen molar-refractivity contribution in [1.29, 1.82) is 0 Å². The van der Waals surface area contributed by atoms with Gasteiger partial charge in [-0.3, -0.25) is 4.79 Å². The topological polar surface area (TPSA) is 29.5 Å². The second-order valence-electron chi connectivity index (χ2n) is 4.40. The molecule has 1 heterocycles. The molecule has 0 N–H and O–H groups in total. The van der Waals surface area contributed by atoms with Gasteiger partial charge in [0.05, 0.1) is 12.7 Å². The number of thiophene rings is 1. The van der Waals surface area contributed by atoms with Gasteiger partial charge >= 0.3 is 0 Å². The molecule has 0 aliphatic rings. The molecule has 0 saturated heterocycles. The molecule has 0 unspecified atom stereocenters. The lowest BCUT2D eigenvalue weighted by molar-refractivity contribution is 0.0795. The Morgan fingerprint density at radius 1 is 1.40 bits per heavy atom. The zero-order chi connectivity index (χ0) is 14.5. The van der Waals surface area contributed by atoms with Gasteiger partial charge in [0, 0.05) is 22.9 Å². The maximum atomic E-state index is 12.4. The van der Waals surface area contributed by atoms with E-state index in [1.807, 2.05) is 25.2 Å². The lowest BCUT2D eigenvalue weighted by Crippen LogP contribution is -2.29. The van der Waals surface area contributed by atoms with Crippen molar-refractivity contribution in [2.45, 2.75) is 6.42 Å². The molecule has 2 rings (SSSR count). The zero-order valence-corrected chi connectivity index (χ0v) is 13.8. The fourth-order valence-electron chi connectivity index (χ4n) is 1.84. The Balaban J connectivity index is 2.06. The van der Waals surface area contributed by atoms with Crippen LogP contribution in [-0.2, 0) is 6.42 Å². The summed E-state index contributed by atoms with van der Waals surface area (Å²) in [5.41, 5.74) is 0.623. The molecule has 0 fully saturated rings. The number of methoxy groups -OCH3 is 1. The second kappa shape index (κ2) is 6.90. The summed E-state index contributed by atoms with van der Waals surface area (Å²) in [5, 5.41) is 2.05. The molecular weight excluding hydrogens is 338 g/mol. The molecule has 0 radical (unpaired) electrons. The number of amides is 1. The molecule has 0 spiro atoms. The molecule has 1 aromatic carbocycles. The molecule has 106 valence electrons. The van der Waals surface area contributed by atoms with E-state index in [4.69, 9.17) is 4.74 Å². The number of benzene rings is 1. The molecule has 0 aliphatic heterocycles. The highest BCUT2D eigenvalue weighted by atomic mass is 79.9. The maximum Gasteiger partial charge on any atom is 0.254 e. The van der Waals surface area contributed by atoms with Gasteiger partial charge in [0.25, 0.3) is 5.91 Å². The lowest BCUT2D eigenvalue weighted by Gasteiger charge is -2.18. The first kappa shape index (κ1) is 15.1. The molecule has 5 heteroatoms. The lowest BCUT2D eigenvalue weighted by atomic mass is 10.2. The van der Waals surface area contributed by atoms with Gasteiger partial charge < -0.3 is 9.64 Å². The van der Waals surface area contributed by atoms with Crippen molar-refractivity contribution >= 4 is 33.2 Å². The molecule has 1 aromatic heterocycles. The van der Waals surface area contributed by atoms with Crippen molar-refractivity contribution in [3.05, 3.63) is 50.6 Å². The third kappa shape index (κ3) is 3.61. The van der Waals surface area contributed by atoms with Crippen LogP contribution in [-0.4, -0.2) is 31.5 Å². The number of halogens is 1. The number of hydrogen-bond donors (Lipinski definition) is 0. The molecule has 1 amide bonds. The number of nitrogens with zero attached hydrogens (tertiary/aromatic N) is 1. The summed E-state index contributed by atoms with van der Waals surface area (Å²) in [7, 11) is 3.42. The SMILES string of the molecule is COc1ccc(Br)c(C(=O)N(C)CCc2cccs2)c1. The first-order valence-electron chi connectivity index (χ1n) is 6.23. The summed E-state index contributed by atoms with van der Waals surface area (Å²) in [6.07, 6.45) is 0.876. The quantitative estimate of drug-likeness (QED) is 0.817. The predicted molar refractivity (Wildman–Crippen MR) is 85.7 cm³/mol. The normalized spacial score (nSPS) is 10.3. The van der Waals surface area contributed by atoms with E-state index < -0.39 is 0 Å². The van der Waals surface area contributed by atoms with E-state index in [0.29, 0.717) is 17.9 Å². The van der Waals surface area contributed by atoms with Gasteiger partial charge in [-0.25, -0.2) is 0 Å². The van der Waals surface area contributed by atoms with Crippen molar-refractivity contribution in [2.75, 3.05) is 20.7 Å². The minimum Gasteiger partial charge on any atom is -0.497 e. The van der Waals surface area contributed by atoms with Gasteiger partial charge in [0.15, 0.2) is 0 Å². The van der Waals surface area contributed by atoms with Gasteiger partial charge in [-0.05, 0) is 52.0 Å². The van der Waals surface area contributed by atoms with E-state index in [2.05, 4.69) is 27.4 Å². The highest BCUT2D eigenvalue weighted by molar-refractivity contribution is 9.10. The molecule has 0 aliphatic carbocycles. The van der Waals surface area contributed by atoms with Crippen LogP contribution in [0.25, 0.3) is 0 Å². The van der Waals surface area contributed by atoms with Gasteiger partial charge in [-0.2, -0.15) is 0 Å². The predicted octanol–water partition coefficient (Wildman–Crippen LogP) is 3.83. The summed E-state index contributed by atoms with van der Waals surface area (Å²) < 4.78 is 5.95. The summed E-state index contributed by atoms with van der Waals surface area (Å²) >= 11 is 5.13. The Morgan fingerprint density at radius 2 is 2.20 bits per heavy atom. The van der Waals surface area contributed by atoms with Crippen LogP contribution in [0.15, 0.2) is 40.2 Å². The average Bonchev–Trinajstić information content (AvgIpc) is 2.98. The van der Waals surface area contributed by atoms with Gasteiger partial charge in [0.1, 0.15) is 5.75 Å². The van der Waals surface area contributed by atoms with Crippen LogP contribution in [0.5, 0.6) is 5.75 Å². The van der Waals surface area contributed by atoms with Gasteiger partial charge in [0.2, 0.25) is 0 Å². The molecule has 0 atom stereocenters. The number of carbonyl (C=O) groups excluding carboxylic acids is 1. The molecular formula is C15H16BrNO2S. The highest BCUT2D eigenvalue weighted by Crippen LogP contribution is 2.23. The van der Waals surface area contributed by atoms with Crippen LogP contribution < -0.4 is 4.74 Å². The van der Waals surface area contributed by atoms with Crippen LogP contribution in [0.3, 0.4) is 0 Å². The monoisotopic (exact) mass is 353 g/mol. The minimum absolute atomic E-state index is 0.00710. The third-order valence-corrected chi connectivity index (χ3v) is 4.65. The fourth-order valence-corrected chi connectivity index (χ4v) is 2.95. The Labute approximate surface area is 131 Å². The smallest absolute Gasteiger partial charge is 0.254 e. The van der Waals surface area contributed by atoms with Gasteiger partial charge in [-0.1, -0.05) is 6.07 Å². The van der Waals surface area contributed by atoms with Crippen molar-refractivity contribution in [3.63, 3.8) is 0 Å². The first-order chi connectivity index (χ1) is 9.61. The van der Waals surface area contributed by atoms with Crippen LogP contribution in [0.1, 0.15) is 15.2 Å². The third-order valence-electron chi connectivity index (χ3n) is 3.02. The van der Waals surface area contributed by atoms with E-state index in [-0.39, 0.29) is 5.91 Å². The number of likely N-dealkylation sites (N-methyl/N-ethyl adjacent to an activating group) is 1. The van der Waals surface area contributed by atoms with Crippen LogP contribution >= 0.6 is 27.3 Å². The number of hydrogen-bond acceptors (Lipinski definition) is 3. The summed E-state index contributed by atoms with van der Waals surface area (Å²) in [6, 6.07) is 9.53. The average molecular weight is 354 g/mol. The molecule has 2 aromatic rings. The molecule has 20 heavy (non-hydrogen) atoms. The van der Waals surface area contributed by atoms with Crippen molar-refractivity contribution in [3.8, 4) is 5.75 Å². The standard InChI is InChI=1S/C15H16BrNO2S/c1-17(8-7-12-4-3-9-20-12)15(18)13-10-11(19-2)5-6-14(13)16/h3-6,9-10H,7-8H2,1-2H3. The molecule has 0 saturated carbocycles. The molecule has 0 bridgehead atoms. The zero-order valence-electron chi connectivity index (χ0n) is 11.4. The van der Waals surface area contributed by atoms with E-state index in [1.54, 1.807) is 29.4 Å². The van der Waals surface area contributed by atoms with Crippen LogP contribution in [0.4, 0.5) is 0 Å². The Kier molecular flexibility index (Phi) is 5.20. The van der Waals surface area contributed by atoms with E-state index >= 15 is 0 Å². The minimum atomic E-state index is -0.00710. The Bertz CT molecular complexity index is 584. The number of carbonyl (C=O) groups is 1. The second-order valence-corrected chi connectivity index (χ2v) is 6.29. The first-order valence-corrected chi connectivity index (χ1v) is 7.90. The van der Waals surface area contributed by atoms with E-state index in [0.717, 1.165) is 10.9 Å². The summed E-state index contributed by atoms with van der Waals surface area (Å²) in [4.78, 5) is 15.5. The summed E-state index contributed by atoms with van der Waals surface area (Å²) in [6.45, 7) is 0.697. The maximum absolute atomic E-state index is 12.4. The Morgan fingerprint density at radius 3 is 2.85 bits per heavy atom. The fraction of sp³-hybridized carbons (Fsp3) is 0.267. The number of ether oxygens (including phenoxy) is 1. The Hall–Kier alpha value is -1.33. The van der Waals surface area contributed by atoms with Crippen LogP contribution in [0, 0.1) is 0 Å². The summed E-state index contributed by atoms with van der Waals surface area (Å²) in [5.74, 6) is 0.676. The van der Waals surface area contributed by atoms with Crippen molar-refractivity contribution in [2.24, 2.45) is 0 Å². The number of rotatable bonds is 5. The largest absolute Gasteiger partial charge is 0.497 e. The van der Waals surface area contributed by atoms with E-state index in [9.17, 15) is 4.79 Å². The molecule has 3 nitrogen and oxygen atoms in total. The van der Waals surface area contributed by atoms with Crippen LogP contribution in [0.2, 0.25) is 0 Å². The van der Waals surface area contributed by atoms with Gasteiger partial charge in [-0.15, -0.1) is 11.3 Å².